The number of anilines is 2. The number of nitrogens with two attached hydrogens (primary N) is 3. The molecule has 6 N–H and O–H groups in total. The van der Waals surface area contributed by atoms with Gasteiger partial charge in [-0.2, -0.15) is 4.99 Å². The zero-order valence-electron chi connectivity index (χ0n) is 11.9. The monoisotopic (exact) mass is 326 g/mol. The van der Waals surface area contributed by atoms with Crippen LogP contribution in [0.15, 0.2) is 4.99 Å². The number of likely N-dealkylation sites (N-methyl/N-ethyl adjacent to an activating group) is 1. The molecule has 2 heterocycles. The summed E-state index contributed by atoms with van der Waals surface area (Å²) in [5, 5.41) is -0.155. The normalized spacial score (nSPS) is 19.8. The molecule has 10 nitrogen and oxygen atoms in total. The van der Waals surface area contributed by atoms with Crippen LogP contribution in [0.1, 0.15) is 17.4 Å². The molecule has 0 bridgehead atoms. The first kappa shape index (κ1) is 15.8. The van der Waals surface area contributed by atoms with Gasteiger partial charge in [-0.05, 0) is 6.92 Å². The number of carbonyl (C=O) groups is 2. The topological polar surface area (TPSA) is 157 Å². The van der Waals surface area contributed by atoms with Gasteiger partial charge in [0.15, 0.2) is 22.5 Å². The number of hydrogen-bond donors (Lipinski definition) is 3. The van der Waals surface area contributed by atoms with E-state index in [9.17, 15) is 9.59 Å². The van der Waals surface area contributed by atoms with Gasteiger partial charge in [0, 0.05) is 13.1 Å². The van der Waals surface area contributed by atoms with E-state index in [1.165, 1.54) is 4.90 Å². The minimum Gasteiger partial charge on any atom is -0.382 e. The number of hydrogen-bond acceptors (Lipinski definition) is 6. The van der Waals surface area contributed by atoms with Crippen molar-refractivity contribution in [1.82, 2.24) is 19.8 Å². The van der Waals surface area contributed by atoms with Gasteiger partial charge in [0.1, 0.15) is 0 Å². The van der Waals surface area contributed by atoms with E-state index in [0.717, 1.165) is 0 Å². The molecule has 11 heteroatoms. The quantitative estimate of drug-likeness (QED) is 0.628. The zero-order chi connectivity index (χ0) is 16.6. The van der Waals surface area contributed by atoms with Crippen molar-refractivity contribution in [3.05, 3.63) is 10.8 Å². The summed E-state index contributed by atoms with van der Waals surface area (Å²) in [6.07, 6.45) is 0. The van der Waals surface area contributed by atoms with Crippen molar-refractivity contribution in [2.45, 2.75) is 13.0 Å². The number of aromatic nitrogens is 2. The Morgan fingerprint density at radius 2 is 1.95 bits per heavy atom. The van der Waals surface area contributed by atoms with Crippen LogP contribution in [0.3, 0.4) is 0 Å². The maximum Gasteiger partial charge on any atom is 0.321 e. The molecule has 1 aliphatic rings. The van der Waals surface area contributed by atoms with Crippen molar-refractivity contribution in [3.8, 4) is 0 Å². The van der Waals surface area contributed by atoms with Crippen molar-refractivity contribution < 1.29 is 9.59 Å². The summed E-state index contributed by atoms with van der Waals surface area (Å²) in [6.45, 7) is 2.18. The summed E-state index contributed by atoms with van der Waals surface area (Å²) in [5.41, 5.74) is 16.1. The summed E-state index contributed by atoms with van der Waals surface area (Å²) in [6, 6.07) is -0.755. The summed E-state index contributed by atoms with van der Waals surface area (Å²) in [5.74, 6) is -0.974. The molecule has 0 aliphatic carbocycles. The smallest absolute Gasteiger partial charge is 0.321 e. The van der Waals surface area contributed by atoms with Gasteiger partial charge in [-0.3, -0.25) is 9.69 Å². The van der Waals surface area contributed by atoms with Gasteiger partial charge in [0.05, 0.1) is 6.54 Å². The summed E-state index contributed by atoms with van der Waals surface area (Å²) < 4.78 is 0. The average Bonchev–Trinajstić information content (AvgIpc) is 2.71. The van der Waals surface area contributed by atoms with Crippen molar-refractivity contribution in [1.29, 1.82) is 0 Å². The zero-order valence-corrected chi connectivity index (χ0v) is 12.7. The molecule has 1 unspecified atom stereocenters. The Morgan fingerprint density at radius 3 is 2.55 bits per heavy atom. The van der Waals surface area contributed by atoms with Gasteiger partial charge < -0.3 is 22.1 Å². The Bertz CT molecular complexity index is 676. The van der Waals surface area contributed by atoms with E-state index in [4.69, 9.17) is 28.8 Å². The van der Waals surface area contributed by atoms with E-state index >= 15 is 0 Å². The van der Waals surface area contributed by atoms with E-state index in [2.05, 4.69) is 15.0 Å². The van der Waals surface area contributed by atoms with E-state index < -0.39 is 11.9 Å². The lowest BCUT2D eigenvalue weighted by Gasteiger charge is -2.17. The number of aliphatic imine (C=N–C) groups is 1. The number of amides is 3. The van der Waals surface area contributed by atoms with Crippen LogP contribution in [-0.2, 0) is 0 Å². The second-order valence-electron chi connectivity index (χ2n) is 4.76. The van der Waals surface area contributed by atoms with Crippen LogP contribution in [0.25, 0.3) is 0 Å². The van der Waals surface area contributed by atoms with Gasteiger partial charge in [-0.25, -0.2) is 14.8 Å². The summed E-state index contributed by atoms with van der Waals surface area (Å²) >= 11 is 5.73. The van der Waals surface area contributed by atoms with Crippen LogP contribution < -0.4 is 17.2 Å². The lowest BCUT2D eigenvalue weighted by molar-refractivity contribution is 0.0996. The molecule has 2 rings (SSSR count). The average molecular weight is 327 g/mol. The molecule has 22 heavy (non-hydrogen) atoms. The fraction of sp³-hybridized carbons (Fsp3) is 0.364. The van der Waals surface area contributed by atoms with Crippen LogP contribution in [-0.4, -0.2) is 57.3 Å². The third-order valence-electron chi connectivity index (χ3n) is 3.24. The van der Waals surface area contributed by atoms with Gasteiger partial charge >= 0.3 is 11.9 Å². The highest BCUT2D eigenvalue weighted by Gasteiger charge is 2.34. The van der Waals surface area contributed by atoms with E-state index in [1.54, 1.807) is 11.9 Å². The Hall–Kier alpha value is -2.62. The van der Waals surface area contributed by atoms with Crippen LogP contribution in [0, 0.1) is 0 Å². The first-order valence-electron chi connectivity index (χ1n) is 6.23. The Labute approximate surface area is 130 Å². The fourth-order valence-electron chi connectivity index (χ4n) is 1.93. The maximum absolute atomic E-state index is 12.2. The molecule has 1 aliphatic heterocycles. The number of halogens is 1. The van der Waals surface area contributed by atoms with Crippen molar-refractivity contribution in [2.75, 3.05) is 25.1 Å². The molecule has 0 spiro atoms. The number of nitrogen functional groups attached to an aromatic ring is 2. The van der Waals surface area contributed by atoms with Crippen LogP contribution in [0.4, 0.5) is 16.4 Å². The predicted octanol–water partition coefficient (Wildman–Crippen LogP) is -0.495. The first-order valence-corrected chi connectivity index (χ1v) is 6.61. The second kappa shape index (κ2) is 5.64. The molecular weight excluding hydrogens is 312 g/mol. The highest BCUT2D eigenvalue weighted by Crippen LogP contribution is 2.19. The molecule has 1 saturated heterocycles. The molecule has 1 aromatic heterocycles. The molecule has 0 radical (unpaired) electrons. The summed E-state index contributed by atoms with van der Waals surface area (Å²) in [4.78, 5) is 37.8. The molecule has 0 saturated carbocycles. The lowest BCUT2D eigenvalue weighted by Crippen LogP contribution is -2.40. The molecule has 0 aromatic carbocycles. The largest absolute Gasteiger partial charge is 0.382 e. The van der Waals surface area contributed by atoms with E-state index in [1.807, 2.05) is 6.92 Å². The molecule has 1 aromatic rings. The molecular formula is C11H15ClN8O2. The number of nitrogens with zero attached hydrogens (tertiary/aromatic N) is 5. The number of urea groups is 1. The molecule has 1 fully saturated rings. The lowest BCUT2D eigenvalue weighted by atomic mass is 10.3. The molecule has 1 atom stereocenters. The highest BCUT2D eigenvalue weighted by atomic mass is 35.5. The van der Waals surface area contributed by atoms with Crippen molar-refractivity contribution in [2.24, 2.45) is 10.7 Å². The van der Waals surface area contributed by atoms with Crippen LogP contribution in [0.2, 0.25) is 5.15 Å². The third-order valence-corrected chi connectivity index (χ3v) is 3.52. The minimum absolute atomic E-state index is 0.0440. The van der Waals surface area contributed by atoms with Crippen molar-refractivity contribution in [3.63, 3.8) is 0 Å². The molecule has 3 amide bonds. The first-order chi connectivity index (χ1) is 10.2. The van der Waals surface area contributed by atoms with Gasteiger partial charge in [-0.15, -0.1) is 0 Å². The molecule has 118 valence electrons. The van der Waals surface area contributed by atoms with E-state index in [-0.39, 0.29) is 34.5 Å². The fourth-order valence-corrected chi connectivity index (χ4v) is 2.05. The van der Waals surface area contributed by atoms with Crippen molar-refractivity contribution >= 4 is 41.1 Å². The van der Waals surface area contributed by atoms with E-state index in [0.29, 0.717) is 6.54 Å². The standard InChI is InChI=1S/C11H15ClN8O2/c1-4-3-20(10(15)22)11(19(4)2)18-9(21)5-7(13)17-8(14)6(12)16-5/h4H,3H2,1-2H3,(H2,15,22)(H4,13,14,17). The maximum atomic E-state index is 12.2. The second-order valence-corrected chi connectivity index (χ2v) is 5.12. The van der Waals surface area contributed by atoms with Crippen LogP contribution in [0.5, 0.6) is 0 Å². The SMILES string of the molecule is CC1CN(C(N)=O)C(=NC(=O)c2nc(Cl)c(N)nc2N)N1C. The number of guanidine groups is 1. The number of rotatable bonds is 1. The Balaban J connectivity index is 2.41. The number of carbonyl (C=O) groups excluding carboxylic acids is 2. The summed E-state index contributed by atoms with van der Waals surface area (Å²) in [7, 11) is 1.69. The van der Waals surface area contributed by atoms with Crippen LogP contribution >= 0.6 is 11.6 Å². The highest BCUT2D eigenvalue weighted by molar-refractivity contribution is 6.31. The third kappa shape index (κ3) is 2.72. The van der Waals surface area contributed by atoms with Gasteiger partial charge in [0.2, 0.25) is 5.96 Å². The number of primary amides is 1. The van der Waals surface area contributed by atoms with Gasteiger partial charge in [0.25, 0.3) is 0 Å². The predicted molar refractivity (Wildman–Crippen MR) is 81.1 cm³/mol. The Morgan fingerprint density at radius 1 is 1.32 bits per heavy atom. The Kier molecular flexibility index (Phi) is 4.04. The minimum atomic E-state index is -0.797. The van der Waals surface area contributed by atoms with Gasteiger partial charge in [-0.1, -0.05) is 11.6 Å².